The van der Waals surface area contributed by atoms with Gasteiger partial charge in [-0.05, 0) is 48.7 Å². The van der Waals surface area contributed by atoms with Crippen molar-refractivity contribution >= 4 is 49.1 Å². The number of hydrogen-bond acceptors (Lipinski definition) is 8. The Balaban J connectivity index is 1.60. The molecule has 0 radical (unpaired) electrons. The van der Waals surface area contributed by atoms with Crippen molar-refractivity contribution in [3.63, 3.8) is 0 Å². The summed E-state index contributed by atoms with van der Waals surface area (Å²) in [6.45, 7) is 0.0778. The Morgan fingerprint density at radius 2 is 1.89 bits per heavy atom. The van der Waals surface area contributed by atoms with Crippen molar-refractivity contribution in [3.05, 3.63) is 53.8 Å². The van der Waals surface area contributed by atoms with E-state index in [2.05, 4.69) is 14.4 Å². The van der Waals surface area contributed by atoms with Gasteiger partial charge in [0.2, 0.25) is 15.9 Å². The van der Waals surface area contributed by atoms with Crippen LogP contribution in [-0.2, 0) is 40.9 Å². The Morgan fingerprint density at radius 1 is 1.18 bits per heavy atom. The summed E-state index contributed by atoms with van der Waals surface area (Å²) in [6.07, 6.45) is 2.31. The first-order chi connectivity index (χ1) is 17.9. The zero-order valence-corrected chi connectivity index (χ0v) is 22.3. The Hall–Kier alpha value is -3.52. The van der Waals surface area contributed by atoms with Gasteiger partial charge >= 0.3 is 5.97 Å². The molecule has 38 heavy (non-hydrogen) atoms. The zero-order chi connectivity index (χ0) is 27.7. The number of amidine groups is 1. The maximum absolute atomic E-state index is 13.6. The molecular formula is C24H27FN4O7S2. The fourth-order valence-electron chi connectivity index (χ4n) is 4.73. The lowest BCUT2D eigenvalue weighted by molar-refractivity contribution is -0.149. The molecule has 4 rings (SSSR count). The molecule has 1 amide bonds. The van der Waals surface area contributed by atoms with Crippen LogP contribution in [0.3, 0.4) is 0 Å². The van der Waals surface area contributed by atoms with Crippen molar-refractivity contribution in [1.29, 1.82) is 0 Å². The van der Waals surface area contributed by atoms with Gasteiger partial charge in [-0.1, -0.05) is 18.6 Å². The number of nitrogens with zero attached hydrogens (tertiary/aromatic N) is 2. The van der Waals surface area contributed by atoms with Gasteiger partial charge in [-0.2, -0.15) is 8.42 Å². The molecule has 11 nitrogen and oxygen atoms in total. The van der Waals surface area contributed by atoms with E-state index in [4.69, 9.17) is 4.74 Å². The summed E-state index contributed by atoms with van der Waals surface area (Å²) in [7, 11) is -6.60. The molecule has 1 fully saturated rings. The number of carbonyl (C=O) groups is 2. The maximum Gasteiger partial charge on any atom is 0.310 e. The molecule has 1 heterocycles. The number of fused-ring (bicyclic) bond motifs is 1. The Morgan fingerprint density at radius 3 is 2.55 bits per heavy atom. The summed E-state index contributed by atoms with van der Waals surface area (Å²) in [5.41, 5.74) is 0.824. The summed E-state index contributed by atoms with van der Waals surface area (Å²) in [5, 5.41) is 2.84. The molecule has 204 valence electrons. The highest BCUT2D eigenvalue weighted by molar-refractivity contribution is 7.92. The van der Waals surface area contributed by atoms with Gasteiger partial charge in [0, 0.05) is 18.3 Å². The lowest BCUT2D eigenvalue weighted by Gasteiger charge is -2.33. The molecular weight excluding hydrogens is 539 g/mol. The smallest absolute Gasteiger partial charge is 0.310 e. The van der Waals surface area contributed by atoms with Crippen molar-refractivity contribution in [2.24, 2.45) is 10.3 Å². The van der Waals surface area contributed by atoms with Crippen molar-refractivity contribution in [2.45, 2.75) is 43.2 Å². The van der Waals surface area contributed by atoms with Crippen molar-refractivity contribution < 1.29 is 35.6 Å². The monoisotopic (exact) mass is 566 g/mol. The van der Waals surface area contributed by atoms with E-state index in [-0.39, 0.29) is 28.7 Å². The van der Waals surface area contributed by atoms with E-state index < -0.39 is 56.1 Å². The summed E-state index contributed by atoms with van der Waals surface area (Å²) >= 11 is 0. The lowest BCUT2D eigenvalue weighted by Crippen LogP contribution is -2.45. The van der Waals surface area contributed by atoms with Gasteiger partial charge in [-0.15, -0.1) is 4.40 Å². The summed E-state index contributed by atoms with van der Waals surface area (Å²) < 4.78 is 73.1. The van der Waals surface area contributed by atoms with Crippen molar-refractivity contribution in [1.82, 2.24) is 4.90 Å². The van der Waals surface area contributed by atoms with E-state index in [1.165, 1.54) is 48.4 Å². The normalized spacial score (nSPS) is 20.0. The number of carbonyl (C=O) groups excluding carboxylic acids is 2. The van der Waals surface area contributed by atoms with Crippen molar-refractivity contribution in [2.75, 3.05) is 23.4 Å². The highest BCUT2D eigenvalue weighted by Crippen LogP contribution is 2.34. The molecule has 2 aromatic carbocycles. The number of hydrogen-bond donors (Lipinski definition) is 2. The second kappa shape index (κ2) is 10.7. The van der Waals surface area contributed by atoms with Crippen LogP contribution in [0, 0.1) is 11.7 Å². The van der Waals surface area contributed by atoms with E-state index in [1.54, 1.807) is 0 Å². The summed E-state index contributed by atoms with van der Waals surface area (Å²) in [6, 6.07) is 9.03. The fraction of sp³-hybridized carbons (Fsp3) is 0.375. The third-order valence-corrected chi connectivity index (χ3v) is 8.32. The molecule has 1 saturated carbocycles. The number of anilines is 2. The number of methoxy groups -OCH3 is 1. The van der Waals surface area contributed by atoms with E-state index in [9.17, 15) is 30.8 Å². The predicted molar refractivity (Wildman–Crippen MR) is 138 cm³/mol. The van der Waals surface area contributed by atoms with Gasteiger partial charge in [0.05, 0.1) is 31.4 Å². The van der Waals surface area contributed by atoms with Crippen molar-refractivity contribution in [3.8, 4) is 0 Å². The third-order valence-electron chi connectivity index (χ3n) is 6.36. The van der Waals surface area contributed by atoms with Crippen LogP contribution in [0.4, 0.5) is 15.8 Å². The molecule has 0 bridgehead atoms. The third kappa shape index (κ3) is 6.30. The number of nitrogens with one attached hydrogen (secondary N) is 2. The average Bonchev–Trinajstić information content (AvgIpc) is 3.32. The van der Waals surface area contributed by atoms with E-state index in [0.29, 0.717) is 24.8 Å². The number of amides is 1. The number of sulfonamides is 2. The molecule has 2 unspecified atom stereocenters. The van der Waals surface area contributed by atoms with Crippen LogP contribution in [0.25, 0.3) is 0 Å². The minimum atomic E-state index is -4.25. The first kappa shape index (κ1) is 27.5. The number of esters is 1. The topological polar surface area (TPSA) is 151 Å². The quantitative estimate of drug-likeness (QED) is 0.463. The minimum absolute atomic E-state index is 0.0481. The average molecular weight is 567 g/mol. The molecule has 2 N–H and O–H groups in total. The summed E-state index contributed by atoms with van der Waals surface area (Å²) in [4.78, 5) is 27.2. The van der Waals surface area contributed by atoms with Gasteiger partial charge in [0.15, 0.2) is 0 Å². The molecule has 0 saturated heterocycles. The standard InChI is InChI=1S/C24H27FN4O7S2/c1-36-24(31)18-4-3-5-20(18)29(14-15-6-8-16(25)9-7-15)23(30)13-22-26-19-11-10-17(27-37(2,32)33)12-21(19)38(34,35)28-22/h6-12,18,20,27H,3-5,13-14H2,1-2H3,(H,26,28). The highest BCUT2D eigenvalue weighted by Gasteiger charge is 2.40. The Labute approximate surface area is 220 Å². The predicted octanol–water partition coefficient (Wildman–Crippen LogP) is 2.47. The molecule has 2 aliphatic rings. The largest absolute Gasteiger partial charge is 0.469 e. The SMILES string of the molecule is COC(=O)C1CCCC1N(Cc1ccc(F)cc1)C(=O)CC1=NS(=O)(=O)c2cc(NS(C)(=O)=O)ccc2N1. The van der Waals surface area contributed by atoms with Crippen LogP contribution < -0.4 is 10.0 Å². The lowest BCUT2D eigenvalue weighted by atomic mass is 10.0. The number of benzene rings is 2. The minimum Gasteiger partial charge on any atom is -0.469 e. The molecule has 1 aliphatic heterocycles. The molecule has 14 heteroatoms. The maximum atomic E-state index is 13.6. The van der Waals surface area contributed by atoms with Gasteiger partial charge in [-0.3, -0.25) is 14.3 Å². The molecule has 0 aromatic heterocycles. The first-order valence-corrected chi connectivity index (χ1v) is 15.0. The first-order valence-electron chi connectivity index (χ1n) is 11.7. The van der Waals surface area contributed by atoms with Crippen LogP contribution in [0.1, 0.15) is 31.2 Å². The van der Waals surface area contributed by atoms with E-state index in [0.717, 1.165) is 12.3 Å². The van der Waals surface area contributed by atoms with Gasteiger partial charge < -0.3 is 15.0 Å². The summed E-state index contributed by atoms with van der Waals surface area (Å²) in [5.74, 6) is -2.01. The number of rotatable bonds is 8. The zero-order valence-electron chi connectivity index (χ0n) is 20.7. The molecule has 2 aromatic rings. The van der Waals surface area contributed by atoms with Crippen LogP contribution in [0.2, 0.25) is 0 Å². The van der Waals surface area contributed by atoms with Gasteiger partial charge in [-0.25, -0.2) is 12.8 Å². The number of ether oxygens (including phenoxy) is 1. The molecule has 0 spiro atoms. The van der Waals surface area contributed by atoms with Crippen LogP contribution in [0.5, 0.6) is 0 Å². The van der Waals surface area contributed by atoms with Gasteiger partial charge in [0.25, 0.3) is 10.0 Å². The second-order valence-corrected chi connectivity index (χ2v) is 12.5. The fourth-order valence-corrected chi connectivity index (χ4v) is 6.45. The molecule has 2 atom stereocenters. The Kier molecular flexibility index (Phi) is 7.74. The van der Waals surface area contributed by atoms with E-state index >= 15 is 0 Å². The Bertz CT molecular complexity index is 1490. The highest BCUT2D eigenvalue weighted by atomic mass is 32.2. The van der Waals surface area contributed by atoms with Crippen LogP contribution >= 0.6 is 0 Å². The second-order valence-electron chi connectivity index (χ2n) is 9.18. The van der Waals surface area contributed by atoms with Crippen LogP contribution in [-0.4, -0.2) is 58.9 Å². The van der Waals surface area contributed by atoms with Crippen LogP contribution in [0.15, 0.2) is 51.8 Å². The van der Waals surface area contributed by atoms with Gasteiger partial charge in [0.1, 0.15) is 16.5 Å². The van der Waals surface area contributed by atoms with E-state index in [1.807, 2.05) is 0 Å². The molecule has 1 aliphatic carbocycles. The number of halogens is 1.